The fraction of sp³-hybridized carbons (Fsp3) is 0.421. The molecule has 4 rings (SSSR count). The lowest BCUT2D eigenvalue weighted by molar-refractivity contribution is -0.144. The number of benzene rings is 1. The van der Waals surface area contributed by atoms with Crippen LogP contribution in [-0.2, 0) is 11.3 Å². The number of hydrogen-bond donors (Lipinski definition) is 2. The number of aromatic nitrogens is 2. The number of hydrogen-bond acceptors (Lipinski definition) is 3. The first-order valence-corrected chi connectivity index (χ1v) is 8.72. The van der Waals surface area contributed by atoms with E-state index in [-0.39, 0.29) is 23.8 Å². The molecule has 0 unspecified atom stereocenters. The van der Waals surface area contributed by atoms with E-state index in [2.05, 4.69) is 10.4 Å². The molecule has 1 amide bonds. The van der Waals surface area contributed by atoms with Crippen LogP contribution in [0.15, 0.2) is 42.7 Å². The summed E-state index contributed by atoms with van der Waals surface area (Å²) in [5.41, 5.74) is 1.58. The molecule has 1 aromatic heterocycles. The van der Waals surface area contributed by atoms with E-state index in [0.29, 0.717) is 12.1 Å². The van der Waals surface area contributed by atoms with Crippen molar-refractivity contribution in [1.29, 1.82) is 0 Å². The number of carboxylic acid groups (broad SMARTS) is 1. The maximum absolute atomic E-state index is 12.6. The summed E-state index contributed by atoms with van der Waals surface area (Å²) < 4.78 is 1.72. The molecule has 0 spiro atoms. The third-order valence-corrected chi connectivity index (χ3v) is 5.58. The van der Waals surface area contributed by atoms with E-state index in [9.17, 15) is 14.7 Å². The zero-order valence-corrected chi connectivity index (χ0v) is 13.8. The quantitative estimate of drug-likeness (QED) is 0.874. The second-order valence-electron chi connectivity index (χ2n) is 7.11. The number of rotatable bonds is 5. The van der Waals surface area contributed by atoms with Gasteiger partial charge in [0.25, 0.3) is 5.91 Å². The Kier molecular flexibility index (Phi) is 4.03. The first-order valence-electron chi connectivity index (χ1n) is 8.72. The summed E-state index contributed by atoms with van der Waals surface area (Å²) in [7, 11) is 0. The molecule has 0 aliphatic heterocycles. The highest BCUT2D eigenvalue weighted by Gasteiger charge is 2.51. The van der Waals surface area contributed by atoms with Crippen molar-refractivity contribution in [3.05, 3.63) is 53.9 Å². The van der Waals surface area contributed by atoms with Gasteiger partial charge in [0.05, 0.1) is 24.2 Å². The fourth-order valence-corrected chi connectivity index (χ4v) is 4.43. The third kappa shape index (κ3) is 3.04. The van der Waals surface area contributed by atoms with E-state index in [1.807, 2.05) is 30.3 Å². The standard InChI is InChI=1S/C19H21N3O3/c23-18(21-17-14-7-6-13(8-14)16(17)19(24)25)15-9-20-22(11-15)10-12-4-2-1-3-5-12/h1-5,9,11,13-14,16-17H,6-8,10H2,(H,21,23)(H,24,25)/t13-,14+,16+,17-/m1/s1. The zero-order valence-electron chi connectivity index (χ0n) is 13.8. The van der Waals surface area contributed by atoms with Gasteiger partial charge in [0.1, 0.15) is 0 Å². The van der Waals surface area contributed by atoms with Crippen molar-refractivity contribution in [2.24, 2.45) is 17.8 Å². The predicted molar refractivity (Wildman–Crippen MR) is 91.0 cm³/mol. The van der Waals surface area contributed by atoms with Crippen LogP contribution in [0.3, 0.4) is 0 Å². The van der Waals surface area contributed by atoms with E-state index in [4.69, 9.17) is 0 Å². The van der Waals surface area contributed by atoms with E-state index >= 15 is 0 Å². The molecule has 2 aliphatic carbocycles. The largest absolute Gasteiger partial charge is 0.481 e. The van der Waals surface area contributed by atoms with Crippen LogP contribution in [0.2, 0.25) is 0 Å². The summed E-state index contributed by atoms with van der Waals surface area (Å²) in [5.74, 6) is -0.995. The lowest BCUT2D eigenvalue weighted by atomic mass is 9.84. The highest BCUT2D eigenvalue weighted by atomic mass is 16.4. The molecule has 6 heteroatoms. The molecule has 130 valence electrons. The normalized spacial score (nSPS) is 27.4. The lowest BCUT2D eigenvalue weighted by Crippen LogP contribution is -2.46. The summed E-state index contributed by atoms with van der Waals surface area (Å²) in [6.07, 6.45) is 6.14. The van der Waals surface area contributed by atoms with Crippen molar-refractivity contribution in [2.45, 2.75) is 31.8 Å². The molecule has 2 N–H and O–H groups in total. The number of nitrogens with one attached hydrogen (secondary N) is 1. The number of carboxylic acids is 1. The average molecular weight is 339 g/mol. The van der Waals surface area contributed by atoms with Gasteiger partial charge in [0.15, 0.2) is 0 Å². The first-order chi connectivity index (χ1) is 12.1. The third-order valence-electron chi connectivity index (χ3n) is 5.58. The first kappa shape index (κ1) is 15.9. The molecule has 1 aromatic carbocycles. The molecule has 2 bridgehead atoms. The van der Waals surface area contributed by atoms with Gasteiger partial charge in [-0.15, -0.1) is 0 Å². The molecule has 6 nitrogen and oxygen atoms in total. The molecular formula is C19H21N3O3. The number of amides is 1. The van der Waals surface area contributed by atoms with Crippen LogP contribution < -0.4 is 5.32 Å². The van der Waals surface area contributed by atoms with Crippen molar-refractivity contribution < 1.29 is 14.7 Å². The summed E-state index contributed by atoms with van der Waals surface area (Å²) >= 11 is 0. The summed E-state index contributed by atoms with van der Waals surface area (Å²) in [6, 6.07) is 9.64. The minimum atomic E-state index is -0.794. The SMILES string of the molecule is O=C(N[C@@H]1[C@H]2CC[C@H](C2)[C@@H]1C(=O)O)c1cnn(Cc2ccccc2)c1. The second kappa shape index (κ2) is 6.35. The van der Waals surface area contributed by atoms with Gasteiger partial charge in [-0.25, -0.2) is 0 Å². The molecule has 2 saturated carbocycles. The van der Waals surface area contributed by atoms with Crippen molar-refractivity contribution in [1.82, 2.24) is 15.1 Å². The number of carbonyl (C=O) groups excluding carboxylic acids is 1. The Balaban J connectivity index is 1.44. The molecule has 0 saturated heterocycles. The number of carbonyl (C=O) groups is 2. The van der Waals surface area contributed by atoms with E-state index in [1.165, 1.54) is 0 Å². The Hall–Kier alpha value is -2.63. The molecule has 2 aliphatic rings. The van der Waals surface area contributed by atoms with E-state index < -0.39 is 11.9 Å². The second-order valence-corrected chi connectivity index (χ2v) is 7.11. The molecule has 25 heavy (non-hydrogen) atoms. The monoisotopic (exact) mass is 339 g/mol. The smallest absolute Gasteiger partial charge is 0.308 e. The Labute approximate surface area is 145 Å². The molecule has 4 atom stereocenters. The molecular weight excluding hydrogens is 318 g/mol. The Morgan fingerprint density at radius 2 is 1.96 bits per heavy atom. The van der Waals surface area contributed by atoms with Crippen molar-refractivity contribution in [2.75, 3.05) is 0 Å². The molecule has 2 fully saturated rings. The van der Waals surface area contributed by atoms with Crippen LogP contribution in [0.5, 0.6) is 0 Å². The van der Waals surface area contributed by atoms with Crippen molar-refractivity contribution in [3.8, 4) is 0 Å². The van der Waals surface area contributed by atoms with Crippen LogP contribution in [0.4, 0.5) is 0 Å². The van der Waals surface area contributed by atoms with Crippen LogP contribution >= 0.6 is 0 Å². The van der Waals surface area contributed by atoms with Crippen LogP contribution in [-0.4, -0.2) is 32.8 Å². The minimum Gasteiger partial charge on any atom is -0.481 e. The zero-order chi connectivity index (χ0) is 17.4. The van der Waals surface area contributed by atoms with Crippen molar-refractivity contribution >= 4 is 11.9 Å². The van der Waals surface area contributed by atoms with Gasteiger partial charge < -0.3 is 10.4 Å². The summed E-state index contributed by atoms with van der Waals surface area (Å²) in [6.45, 7) is 0.597. The Bertz CT molecular complexity index is 786. The van der Waals surface area contributed by atoms with Gasteiger partial charge in [0.2, 0.25) is 0 Å². The van der Waals surface area contributed by atoms with Gasteiger partial charge in [-0.1, -0.05) is 30.3 Å². The summed E-state index contributed by atoms with van der Waals surface area (Å²) in [4.78, 5) is 24.1. The Morgan fingerprint density at radius 3 is 2.72 bits per heavy atom. The van der Waals surface area contributed by atoms with Gasteiger partial charge in [0, 0.05) is 12.2 Å². The maximum Gasteiger partial charge on any atom is 0.308 e. The summed E-state index contributed by atoms with van der Waals surface area (Å²) in [5, 5.41) is 16.7. The molecule has 1 heterocycles. The van der Waals surface area contributed by atoms with Gasteiger partial charge in [-0.2, -0.15) is 5.10 Å². The number of fused-ring (bicyclic) bond motifs is 2. The number of aliphatic carboxylic acids is 1. The topological polar surface area (TPSA) is 84.2 Å². The van der Waals surface area contributed by atoms with Crippen molar-refractivity contribution in [3.63, 3.8) is 0 Å². The lowest BCUT2D eigenvalue weighted by Gasteiger charge is -2.28. The van der Waals surface area contributed by atoms with Gasteiger partial charge >= 0.3 is 5.97 Å². The average Bonchev–Trinajstić information content (AvgIpc) is 3.31. The highest BCUT2D eigenvalue weighted by molar-refractivity contribution is 5.94. The van der Waals surface area contributed by atoms with Crippen LogP contribution in [0.25, 0.3) is 0 Å². The van der Waals surface area contributed by atoms with Gasteiger partial charge in [-0.05, 0) is 36.7 Å². The predicted octanol–water partition coefficient (Wildman–Crippen LogP) is 2.16. The molecule has 2 aromatic rings. The van der Waals surface area contributed by atoms with Crippen LogP contribution in [0, 0.1) is 17.8 Å². The molecule has 0 radical (unpaired) electrons. The van der Waals surface area contributed by atoms with Crippen LogP contribution in [0.1, 0.15) is 35.2 Å². The maximum atomic E-state index is 12.6. The highest BCUT2D eigenvalue weighted by Crippen LogP contribution is 2.48. The van der Waals surface area contributed by atoms with E-state index in [1.54, 1.807) is 17.1 Å². The minimum absolute atomic E-state index is 0.202. The number of nitrogens with zero attached hydrogens (tertiary/aromatic N) is 2. The fourth-order valence-electron chi connectivity index (χ4n) is 4.43. The van der Waals surface area contributed by atoms with E-state index in [0.717, 1.165) is 24.8 Å². The van der Waals surface area contributed by atoms with Gasteiger partial charge in [-0.3, -0.25) is 14.3 Å². The Morgan fingerprint density at radius 1 is 1.20 bits per heavy atom.